The zero-order valence-corrected chi connectivity index (χ0v) is 16.5. The second kappa shape index (κ2) is 9.32. The summed E-state index contributed by atoms with van der Waals surface area (Å²) in [5, 5.41) is 0. The van der Waals surface area contributed by atoms with Crippen LogP contribution in [0.2, 0.25) is 0 Å². The molecule has 0 aliphatic carbocycles. The van der Waals surface area contributed by atoms with Gasteiger partial charge in [-0.05, 0) is 66.9 Å². The van der Waals surface area contributed by atoms with Crippen LogP contribution in [0.3, 0.4) is 0 Å². The Morgan fingerprint density at radius 1 is 0.862 bits per heavy atom. The third kappa shape index (κ3) is 4.99. The molecular formula is C26H25NO2. The Morgan fingerprint density at radius 2 is 1.55 bits per heavy atom. The largest absolute Gasteiger partial charge is 0.481 e. The molecule has 3 aromatic carbocycles. The summed E-state index contributed by atoms with van der Waals surface area (Å²) in [6.07, 6.45) is 7.65. The lowest BCUT2D eigenvalue weighted by atomic mass is 10.0. The van der Waals surface area contributed by atoms with E-state index in [1.807, 2.05) is 54.6 Å². The van der Waals surface area contributed by atoms with Gasteiger partial charge >= 0.3 is 0 Å². The molecule has 1 saturated heterocycles. The number of hydrogen-bond acceptors (Lipinski definition) is 3. The Hall–Kier alpha value is -3.22. The second-order valence-electron chi connectivity index (χ2n) is 7.25. The summed E-state index contributed by atoms with van der Waals surface area (Å²) in [6, 6.07) is 27.1. The van der Waals surface area contributed by atoms with Crippen molar-refractivity contribution in [3.05, 3.63) is 90.0 Å². The van der Waals surface area contributed by atoms with Gasteiger partial charge in [-0.2, -0.15) is 0 Å². The third-order valence-corrected chi connectivity index (χ3v) is 5.24. The minimum absolute atomic E-state index is 0.304. The van der Waals surface area contributed by atoms with Crippen molar-refractivity contribution in [2.75, 3.05) is 13.2 Å². The first-order valence-corrected chi connectivity index (χ1v) is 10.0. The van der Waals surface area contributed by atoms with Crippen LogP contribution in [-0.2, 0) is 6.54 Å². The van der Waals surface area contributed by atoms with E-state index in [-0.39, 0.29) is 0 Å². The van der Waals surface area contributed by atoms with E-state index in [1.54, 1.807) is 0 Å². The van der Waals surface area contributed by atoms with Crippen LogP contribution in [0.1, 0.15) is 30.0 Å². The molecule has 0 bridgehead atoms. The number of terminal acetylenes is 1. The molecule has 4 rings (SSSR count). The predicted octanol–water partition coefficient (Wildman–Crippen LogP) is 5.83. The van der Waals surface area contributed by atoms with Crippen molar-refractivity contribution in [2.24, 2.45) is 0 Å². The summed E-state index contributed by atoms with van der Waals surface area (Å²) in [7, 11) is 0. The lowest BCUT2D eigenvalue weighted by molar-refractivity contribution is 0.248. The lowest BCUT2D eigenvalue weighted by Crippen LogP contribution is -2.22. The highest BCUT2D eigenvalue weighted by molar-refractivity contribution is 5.34. The van der Waals surface area contributed by atoms with E-state index >= 15 is 0 Å². The van der Waals surface area contributed by atoms with Crippen molar-refractivity contribution < 1.29 is 9.47 Å². The summed E-state index contributed by atoms with van der Waals surface area (Å²) in [4.78, 5) is 2.55. The zero-order valence-electron chi connectivity index (χ0n) is 16.5. The normalized spacial score (nSPS) is 16.3. The molecule has 0 unspecified atom stereocenters. The molecule has 1 aliphatic rings. The fourth-order valence-electron chi connectivity index (χ4n) is 3.83. The van der Waals surface area contributed by atoms with Crippen molar-refractivity contribution in [1.82, 2.24) is 4.90 Å². The Kier molecular flexibility index (Phi) is 6.14. The average molecular weight is 383 g/mol. The Balaban J connectivity index is 1.38. The topological polar surface area (TPSA) is 21.7 Å². The van der Waals surface area contributed by atoms with E-state index < -0.39 is 0 Å². The van der Waals surface area contributed by atoms with Gasteiger partial charge in [0.15, 0.2) is 0 Å². The average Bonchev–Trinajstić information content (AvgIpc) is 3.23. The quantitative estimate of drug-likeness (QED) is 0.479. The van der Waals surface area contributed by atoms with Gasteiger partial charge in [-0.3, -0.25) is 4.90 Å². The Morgan fingerprint density at radius 3 is 2.28 bits per heavy atom. The Labute approximate surface area is 172 Å². The number of likely N-dealkylation sites (tertiary alicyclic amines) is 1. The van der Waals surface area contributed by atoms with Crippen molar-refractivity contribution in [3.8, 4) is 29.6 Å². The SMILES string of the molecule is C#CCOc1ccc([C@@H]2CCCN2Cc2ccc(Oc3ccccc3)cc2)cc1. The van der Waals surface area contributed by atoms with Gasteiger partial charge in [0.25, 0.3) is 0 Å². The number of benzene rings is 3. The van der Waals surface area contributed by atoms with E-state index in [2.05, 4.69) is 35.1 Å². The first-order chi connectivity index (χ1) is 14.3. The maximum atomic E-state index is 5.90. The lowest BCUT2D eigenvalue weighted by Gasteiger charge is -2.25. The van der Waals surface area contributed by atoms with Crippen LogP contribution in [-0.4, -0.2) is 18.1 Å². The summed E-state index contributed by atoms with van der Waals surface area (Å²) in [6.45, 7) is 2.35. The second-order valence-corrected chi connectivity index (χ2v) is 7.25. The molecule has 0 amide bonds. The molecule has 0 aromatic heterocycles. The van der Waals surface area contributed by atoms with E-state index in [1.165, 1.54) is 24.0 Å². The molecule has 1 heterocycles. The molecule has 3 nitrogen and oxygen atoms in total. The molecular weight excluding hydrogens is 358 g/mol. The van der Waals surface area contributed by atoms with Gasteiger partial charge in [-0.15, -0.1) is 6.42 Å². The molecule has 1 atom stereocenters. The maximum Gasteiger partial charge on any atom is 0.148 e. The molecule has 3 heteroatoms. The molecule has 29 heavy (non-hydrogen) atoms. The molecule has 1 aliphatic heterocycles. The third-order valence-electron chi connectivity index (χ3n) is 5.24. The van der Waals surface area contributed by atoms with Crippen molar-refractivity contribution >= 4 is 0 Å². The van der Waals surface area contributed by atoms with Gasteiger partial charge < -0.3 is 9.47 Å². The summed E-state index contributed by atoms with van der Waals surface area (Å²) in [5.41, 5.74) is 2.63. The number of nitrogens with zero attached hydrogens (tertiary/aromatic N) is 1. The number of ether oxygens (including phenoxy) is 2. The summed E-state index contributed by atoms with van der Waals surface area (Å²) in [5.74, 6) is 5.04. The highest BCUT2D eigenvalue weighted by Gasteiger charge is 2.25. The predicted molar refractivity (Wildman–Crippen MR) is 116 cm³/mol. The first kappa shape index (κ1) is 19.1. The Bertz CT molecular complexity index is 943. The van der Waals surface area contributed by atoms with Gasteiger partial charge in [0.05, 0.1) is 0 Å². The first-order valence-electron chi connectivity index (χ1n) is 10.0. The van der Waals surface area contributed by atoms with E-state index in [9.17, 15) is 0 Å². The summed E-state index contributed by atoms with van der Waals surface area (Å²) < 4.78 is 11.4. The van der Waals surface area contributed by atoms with Crippen molar-refractivity contribution in [3.63, 3.8) is 0 Å². The van der Waals surface area contributed by atoms with Crippen LogP contribution < -0.4 is 9.47 Å². The van der Waals surface area contributed by atoms with Gasteiger partial charge in [-0.1, -0.05) is 48.4 Å². The van der Waals surface area contributed by atoms with Crippen LogP contribution in [0.25, 0.3) is 0 Å². The minimum Gasteiger partial charge on any atom is -0.481 e. The molecule has 0 N–H and O–H groups in total. The van der Waals surface area contributed by atoms with Crippen LogP contribution in [0.4, 0.5) is 0 Å². The fraction of sp³-hybridized carbons (Fsp3) is 0.231. The number of hydrogen-bond donors (Lipinski definition) is 0. The van der Waals surface area contributed by atoms with E-state index in [0.29, 0.717) is 12.6 Å². The highest BCUT2D eigenvalue weighted by Crippen LogP contribution is 2.34. The van der Waals surface area contributed by atoms with Gasteiger partial charge in [0.2, 0.25) is 0 Å². The number of rotatable bonds is 7. The van der Waals surface area contributed by atoms with Crippen molar-refractivity contribution in [2.45, 2.75) is 25.4 Å². The van der Waals surface area contributed by atoms with Crippen LogP contribution in [0.15, 0.2) is 78.9 Å². The molecule has 0 radical (unpaired) electrons. The highest BCUT2D eigenvalue weighted by atomic mass is 16.5. The minimum atomic E-state index is 0.304. The zero-order chi connectivity index (χ0) is 19.9. The molecule has 0 saturated carbocycles. The molecule has 1 fully saturated rings. The standard InChI is InChI=1S/C26H25NO2/c1-2-19-28-23-16-12-22(13-17-23)26-9-6-18-27(26)20-21-10-14-25(15-11-21)29-24-7-4-3-5-8-24/h1,3-5,7-8,10-17,26H,6,9,18-20H2/t26-/m0/s1. The molecule has 146 valence electrons. The summed E-state index contributed by atoms with van der Waals surface area (Å²) >= 11 is 0. The fourth-order valence-corrected chi connectivity index (χ4v) is 3.83. The van der Waals surface area contributed by atoms with Crippen LogP contribution >= 0.6 is 0 Å². The maximum absolute atomic E-state index is 5.90. The van der Waals surface area contributed by atoms with Crippen LogP contribution in [0, 0.1) is 12.3 Å². The van der Waals surface area contributed by atoms with Gasteiger partial charge in [0, 0.05) is 12.6 Å². The van der Waals surface area contributed by atoms with Crippen LogP contribution in [0.5, 0.6) is 17.2 Å². The van der Waals surface area contributed by atoms with E-state index in [0.717, 1.165) is 30.3 Å². The smallest absolute Gasteiger partial charge is 0.148 e. The van der Waals surface area contributed by atoms with E-state index in [4.69, 9.17) is 15.9 Å². The van der Waals surface area contributed by atoms with Gasteiger partial charge in [-0.25, -0.2) is 0 Å². The molecule has 3 aromatic rings. The van der Waals surface area contributed by atoms with Crippen molar-refractivity contribution in [1.29, 1.82) is 0 Å². The van der Waals surface area contributed by atoms with Gasteiger partial charge in [0.1, 0.15) is 23.9 Å². The molecule has 0 spiro atoms. The monoisotopic (exact) mass is 383 g/mol. The number of para-hydroxylation sites is 1.